The number of benzene rings is 1. The molecular weight excluding hydrogens is 272 g/mol. The number of H-pyrrole nitrogens is 1. The summed E-state index contributed by atoms with van der Waals surface area (Å²) in [5.41, 5.74) is 1.30. The van der Waals surface area contributed by atoms with Crippen LogP contribution in [0.2, 0.25) is 0 Å². The third kappa shape index (κ3) is 5.05. The van der Waals surface area contributed by atoms with Crippen LogP contribution in [0.5, 0.6) is 0 Å². The maximum absolute atomic E-state index is 11.8. The van der Waals surface area contributed by atoms with E-state index in [-0.39, 0.29) is 11.9 Å². The molecular formula is C14H18N4OS. The molecule has 1 aromatic heterocycles. The molecule has 20 heavy (non-hydrogen) atoms. The zero-order chi connectivity index (χ0) is 14.2. The number of aryl methyl sites for hydroxylation is 1. The van der Waals surface area contributed by atoms with Crippen molar-refractivity contribution in [2.75, 3.05) is 5.75 Å². The van der Waals surface area contributed by atoms with Gasteiger partial charge in [0.2, 0.25) is 5.91 Å². The Hall–Kier alpha value is -1.82. The maximum Gasteiger partial charge on any atom is 0.230 e. The molecule has 2 N–H and O–H groups in total. The smallest absolute Gasteiger partial charge is 0.230 e. The van der Waals surface area contributed by atoms with E-state index in [1.54, 1.807) is 6.20 Å². The average Bonchev–Trinajstić information content (AvgIpc) is 2.97. The lowest BCUT2D eigenvalue weighted by Crippen LogP contribution is -2.34. The molecule has 0 unspecified atom stereocenters. The molecule has 2 aromatic rings. The highest BCUT2D eigenvalue weighted by Crippen LogP contribution is 2.12. The average molecular weight is 290 g/mol. The van der Waals surface area contributed by atoms with Gasteiger partial charge in [0, 0.05) is 6.04 Å². The predicted octanol–water partition coefficient (Wildman–Crippen LogP) is 2.03. The Morgan fingerprint density at radius 1 is 1.40 bits per heavy atom. The normalized spacial score (nSPS) is 12.1. The highest BCUT2D eigenvalue weighted by molar-refractivity contribution is 7.99. The van der Waals surface area contributed by atoms with Gasteiger partial charge in [-0.2, -0.15) is 10.3 Å². The fraction of sp³-hybridized carbons (Fsp3) is 0.357. The molecule has 1 amide bonds. The summed E-state index contributed by atoms with van der Waals surface area (Å²) in [6.45, 7) is 2.03. The summed E-state index contributed by atoms with van der Waals surface area (Å²) in [4.78, 5) is 11.8. The van der Waals surface area contributed by atoms with Crippen molar-refractivity contribution in [1.29, 1.82) is 0 Å². The van der Waals surface area contributed by atoms with E-state index in [0.717, 1.165) is 17.9 Å². The number of amides is 1. The first-order chi connectivity index (χ1) is 9.74. The maximum atomic E-state index is 11.8. The summed E-state index contributed by atoms with van der Waals surface area (Å²) < 4.78 is 0. The summed E-state index contributed by atoms with van der Waals surface area (Å²) in [5.74, 6) is 0.390. The number of hydrogen-bond donors (Lipinski definition) is 2. The van der Waals surface area contributed by atoms with Crippen LogP contribution in [0.15, 0.2) is 41.6 Å². The number of nitrogens with zero attached hydrogens (tertiary/aromatic N) is 2. The molecule has 5 nitrogen and oxygen atoms in total. The van der Waals surface area contributed by atoms with Gasteiger partial charge in [0.1, 0.15) is 5.03 Å². The zero-order valence-corrected chi connectivity index (χ0v) is 12.2. The SMILES string of the molecule is C[C@H](CCc1ccccc1)NC(=O)CSc1cn[nH]n1. The van der Waals surface area contributed by atoms with Crippen LogP contribution in [-0.2, 0) is 11.2 Å². The molecule has 1 atom stereocenters. The summed E-state index contributed by atoms with van der Waals surface area (Å²) in [5, 5.41) is 13.8. The van der Waals surface area contributed by atoms with Gasteiger partial charge in [0.15, 0.2) is 0 Å². The second-order valence-electron chi connectivity index (χ2n) is 4.59. The molecule has 0 aliphatic heterocycles. The third-order valence-electron chi connectivity index (χ3n) is 2.86. The van der Waals surface area contributed by atoms with Gasteiger partial charge in [0.05, 0.1) is 11.9 Å². The Kier molecular flexibility index (Phi) is 5.61. The molecule has 2 rings (SSSR count). The van der Waals surface area contributed by atoms with E-state index in [2.05, 4.69) is 32.9 Å². The van der Waals surface area contributed by atoms with Crippen LogP contribution in [-0.4, -0.2) is 33.1 Å². The van der Waals surface area contributed by atoms with E-state index in [4.69, 9.17) is 0 Å². The summed E-state index contributed by atoms with van der Waals surface area (Å²) >= 11 is 1.37. The Morgan fingerprint density at radius 3 is 2.90 bits per heavy atom. The fourth-order valence-corrected chi connectivity index (χ4v) is 2.41. The monoisotopic (exact) mass is 290 g/mol. The van der Waals surface area contributed by atoms with Gasteiger partial charge in [-0.1, -0.05) is 42.1 Å². The van der Waals surface area contributed by atoms with E-state index in [0.29, 0.717) is 5.75 Å². The standard InChI is InChI=1S/C14H18N4OS/c1-11(7-8-12-5-3-2-4-6-12)16-13(19)10-20-14-9-15-18-17-14/h2-6,9,11H,7-8,10H2,1H3,(H,16,19)(H,15,17,18)/t11-/m1/s1. The van der Waals surface area contributed by atoms with Crippen molar-refractivity contribution in [2.45, 2.75) is 30.8 Å². The van der Waals surface area contributed by atoms with Gasteiger partial charge in [-0.25, -0.2) is 0 Å². The first-order valence-corrected chi connectivity index (χ1v) is 7.54. The molecule has 0 radical (unpaired) electrons. The lowest BCUT2D eigenvalue weighted by molar-refractivity contribution is -0.119. The van der Waals surface area contributed by atoms with Crippen molar-refractivity contribution in [1.82, 2.24) is 20.7 Å². The minimum atomic E-state index is 0.0264. The lowest BCUT2D eigenvalue weighted by Gasteiger charge is -2.13. The number of carbonyl (C=O) groups excluding carboxylic acids is 1. The van der Waals surface area contributed by atoms with Crippen LogP contribution < -0.4 is 5.32 Å². The van der Waals surface area contributed by atoms with Crippen LogP contribution in [0.3, 0.4) is 0 Å². The molecule has 0 spiro atoms. The highest BCUT2D eigenvalue weighted by atomic mass is 32.2. The topological polar surface area (TPSA) is 70.7 Å². The van der Waals surface area contributed by atoms with Crippen molar-refractivity contribution in [3.63, 3.8) is 0 Å². The number of rotatable bonds is 7. The van der Waals surface area contributed by atoms with Crippen LogP contribution in [0, 0.1) is 0 Å². The Morgan fingerprint density at radius 2 is 2.20 bits per heavy atom. The highest BCUT2D eigenvalue weighted by Gasteiger charge is 2.09. The Labute approximate surface area is 122 Å². The third-order valence-corrected chi connectivity index (χ3v) is 3.76. The van der Waals surface area contributed by atoms with Crippen LogP contribution in [0.25, 0.3) is 0 Å². The quantitative estimate of drug-likeness (QED) is 0.766. The van der Waals surface area contributed by atoms with Gasteiger partial charge in [-0.05, 0) is 25.3 Å². The van der Waals surface area contributed by atoms with Crippen molar-refractivity contribution in [3.8, 4) is 0 Å². The number of nitrogens with one attached hydrogen (secondary N) is 2. The van der Waals surface area contributed by atoms with Crippen molar-refractivity contribution in [2.24, 2.45) is 0 Å². The van der Waals surface area contributed by atoms with Gasteiger partial charge >= 0.3 is 0 Å². The first kappa shape index (κ1) is 14.6. The number of hydrogen-bond acceptors (Lipinski definition) is 4. The van der Waals surface area contributed by atoms with Crippen LogP contribution >= 0.6 is 11.8 Å². The Bertz CT molecular complexity index is 515. The molecule has 1 aromatic carbocycles. The second kappa shape index (κ2) is 7.69. The minimum absolute atomic E-state index is 0.0264. The van der Waals surface area contributed by atoms with Crippen LogP contribution in [0.1, 0.15) is 18.9 Å². The van der Waals surface area contributed by atoms with Crippen molar-refractivity contribution in [3.05, 3.63) is 42.1 Å². The molecule has 0 aliphatic carbocycles. The summed E-state index contributed by atoms with van der Waals surface area (Å²) in [6.07, 6.45) is 3.51. The van der Waals surface area contributed by atoms with Crippen molar-refractivity contribution >= 4 is 17.7 Å². The first-order valence-electron chi connectivity index (χ1n) is 6.56. The largest absolute Gasteiger partial charge is 0.353 e. The Balaban J connectivity index is 1.66. The number of thioether (sulfide) groups is 1. The predicted molar refractivity (Wildman–Crippen MR) is 79.5 cm³/mol. The number of carbonyl (C=O) groups is 1. The number of aromatic nitrogens is 3. The van der Waals surface area contributed by atoms with Gasteiger partial charge in [-0.15, -0.1) is 5.10 Å². The van der Waals surface area contributed by atoms with E-state index in [9.17, 15) is 4.79 Å². The molecule has 0 bridgehead atoms. The lowest BCUT2D eigenvalue weighted by atomic mass is 10.1. The molecule has 106 valence electrons. The van der Waals surface area contributed by atoms with Crippen molar-refractivity contribution < 1.29 is 4.79 Å². The fourth-order valence-electron chi connectivity index (χ4n) is 1.82. The summed E-state index contributed by atoms with van der Waals surface area (Å²) in [6, 6.07) is 10.5. The molecule has 0 aliphatic rings. The van der Waals surface area contributed by atoms with Crippen LogP contribution in [0.4, 0.5) is 0 Å². The zero-order valence-electron chi connectivity index (χ0n) is 11.4. The molecule has 0 fully saturated rings. The second-order valence-corrected chi connectivity index (χ2v) is 5.59. The summed E-state index contributed by atoms with van der Waals surface area (Å²) in [7, 11) is 0. The molecule has 0 saturated carbocycles. The molecule has 6 heteroatoms. The minimum Gasteiger partial charge on any atom is -0.353 e. The van der Waals surface area contributed by atoms with Gasteiger partial charge < -0.3 is 5.32 Å². The van der Waals surface area contributed by atoms with Gasteiger partial charge in [0.25, 0.3) is 0 Å². The van der Waals surface area contributed by atoms with E-state index >= 15 is 0 Å². The molecule has 0 saturated heterocycles. The van der Waals surface area contributed by atoms with E-state index in [1.165, 1.54) is 17.3 Å². The van der Waals surface area contributed by atoms with E-state index in [1.807, 2.05) is 25.1 Å². The van der Waals surface area contributed by atoms with E-state index < -0.39 is 0 Å². The number of aromatic amines is 1. The molecule has 1 heterocycles. The van der Waals surface area contributed by atoms with Gasteiger partial charge in [-0.3, -0.25) is 4.79 Å².